The van der Waals surface area contributed by atoms with E-state index < -0.39 is 0 Å². The Morgan fingerprint density at radius 3 is 2.67 bits per heavy atom. The Bertz CT molecular complexity index is 404. The van der Waals surface area contributed by atoms with Crippen molar-refractivity contribution in [1.82, 2.24) is 15.1 Å². The van der Waals surface area contributed by atoms with Crippen LogP contribution in [0, 0.1) is 0 Å². The van der Waals surface area contributed by atoms with E-state index in [4.69, 9.17) is 4.74 Å². The number of aromatic nitrogens is 2. The fourth-order valence-electron chi connectivity index (χ4n) is 3.74. The highest BCUT2D eigenvalue weighted by Crippen LogP contribution is 2.36. The molecule has 1 heterocycles. The maximum absolute atomic E-state index is 6.30. The molecule has 1 fully saturated rings. The van der Waals surface area contributed by atoms with E-state index in [0.29, 0.717) is 6.04 Å². The summed E-state index contributed by atoms with van der Waals surface area (Å²) in [5.74, 6) is 0. The van der Waals surface area contributed by atoms with Crippen molar-refractivity contribution in [3.05, 3.63) is 18.0 Å². The Labute approximate surface area is 129 Å². The molecule has 0 bridgehead atoms. The largest absolute Gasteiger partial charge is 0.374 e. The Hall–Kier alpha value is -0.870. The van der Waals surface area contributed by atoms with Gasteiger partial charge >= 0.3 is 0 Å². The first-order chi connectivity index (χ1) is 10.2. The van der Waals surface area contributed by atoms with Crippen molar-refractivity contribution in [3.63, 3.8) is 0 Å². The summed E-state index contributed by atoms with van der Waals surface area (Å²) < 4.78 is 8.18. The molecule has 0 spiro atoms. The average Bonchev–Trinajstić information content (AvgIpc) is 2.90. The lowest BCUT2D eigenvalue weighted by atomic mass is 9.77. The molecular formula is C17H31N3O. The molecule has 1 N–H and O–H groups in total. The summed E-state index contributed by atoms with van der Waals surface area (Å²) in [5, 5.41) is 7.97. The number of rotatable bonds is 8. The average molecular weight is 293 g/mol. The fraction of sp³-hybridized carbons (Fsp3) is 0.824. The van der Waals surface area contributed by atoms with Crippen LogP contribution in [-0.2, 0) is 18.2 Å². The summed E-state index contributed by atoms with van der Waals surface area (Å²) in [4.78, 5) is 0. The van der Waals surface area contributed by atoms with Crippen LogP contribution < -0.4 is 5.32 Å². The van der Waals surface area contributed by atoms with Gasteiger partial charge in [-0.05, 0) is 44.7 Å². The van der Waals surface area contributed by atoms with Crippen molar-refractivity contribution in [3.8, 4) is 0 Å². The van der Waals surface area contributed by atoms with Crippen LogP contribution in [0.3, 0.4) is 0 Å². The van der Waals surface area contributed by atoms with E-state index in [0.717, 1.165) is 26.0 Å². The second kappa shape index (κ2) is 7.95. The van der Waals surface area contributed by atoms with Gasteiger partial charge in [-0.3, -0.25) is 4.68 Å². The molecule has 1 aliphatic carbocycles. The first kappa shape index (κ1) is 16.5. The number of hydrogen-bond acceptors (Lipinski definition) is 3. The highest BCUT2D eigenvalue weighted by atomic mass is 16.5. The van der Waals surface area contributed by atoms with Gasteiger partial charge in [-0.25, -0.2) is 0 Å². The second-order valence-electron chi connectivity index (χ2n) is 6.23. The molecule has 1 atom stereocenters. The third kappa shape index (κ3) is 4.30. The van der Waals surface area contributed by atoms with Crippen LogP contribution in [0.25, 0.3) is 0 Å². The number of ether oxygens (including phenoxy) is 1. The number of nitrogens with zero attached hydrogens (tertiary/aromatic N) is 2. The van der Waals surface area contributed by atoms with Crippen molar-refractivity contribution in [2.75, 3.05) is 13.2 Å². The minimum absolute atomic E-state index is 0.0468. The Morgan fingerprint density at radius 1 is 1.33 bits per heavy atom. The van der Waals surface area contributed by atoms with Gasteiger partial charge in [0.15, 0.2) is 0 Å². The SMILES string of the molecule is CCNC(CCc1cnn(C)c1)C1(OCC)CCCCC1. The van der Waals surface area contributed by atoms with Crippen LogP contribution in [0.2, 0.25) is 0 Å². The van der Waals surface area contributed by atoms with Gasteiger partial charge in [-0.15, -0.1) is 0 Å². The Kier molecular flexibility index (Phi) is 6.24. The monoisotopic (exact) mass is 293 g/mol. The summed E-state index contributed by atoms with van der Waals surface area (Å²) in [5.41, 5.74) is 1.37. The van der Waals surface area contributed by atoms with Gasteiger partial charge in [0.25, 0.3) is 0 Å². The fourth-order valence-corrected chi connectivity index (χ4v) is 3.74. The van der Waals surface area contributed by atoms with Crippen molar-refractivity contribution < 1.29 is 4.74 Å². The first-order valence-corrected chi connectivity index (χ1v) is 8.55. The second-order valence-corrected chi connectivity index (χ2v) is 6.23. The third-order valence-corrected chi connectivity index (χ3v) is 4.70. The van der Waals surface area contributed by atoms with E-state index in [1.54, 1.807) is 0 Å². The summed E-state index contributed by atoms with van der Waals surface area (Å²) in [6.45, 7) is 6.14. The topological polar surface area (TPSA) is 39.1 Å². The lowest BCUT2D eigenvalue weighted by Gasteiger charge is -2.44. The summed E-state index contributed by atoms with van der Waals surface area (Å²) >= 11 is 0. The minimum atomic E-state index is 0.0468. The number of aryl methyl sites for hydroxylation is 2. The smallest absolute Gasteiger partial charge is 0.0834 e. The van der Waals surface area contributed by atoms with E-state index in [2.05, 4.69) is 30.5 Å². The highest BCUT2D eigenvalue weighted by Gasteiger charge is 2.39. The van der Waals surface area contributed by atoms with Crippen LogP contribution in [0.5, 0.6) is 0 Å². The quantitative estimate of drug-likeness (QED) is 0.800. The third-order valence-electron chi connectivity index (χ3n) is 4.70. The molecule has 21 heavy (non-hydrogen) atoms. The highest BCUT2D eigenvalue weighted by molar-refractivity contribution is 5.06. The Balaban J connectivity index is 2.03. The molecule has 120 valence electrons. The van der Waals surface area contributed by atoms with Gasteiger partial charge < -0.3 is 10.1 Å². The van der Waals surface area contributed by atoms with Crippen LogP contribution >= 0.6 is 0 Å². The molecule has 0 amide bonds. The molecule has 0 saturated heterocycles. The summed E-state index contributed by atoms with van der Waals surface area (Å²) in [6.07, 6.45) is 12.7. The van der Waals surface area contributed by atoms with Gasteiger partial charge in [-0.2, -0.15) is 5.10 Å². The zero-order valence-corrected chi connectivity index (χ0v) is 13.9. The van der Waals surface area contributed by atoms with Gasteiger partial charge in [0.1, 0.15) is 0 Å². The van der Waals surface area contributed by atoms with Crippen molar-refractivity contribution in [2.24, 2.45) is 7.05 Å². The number of hydrogen-bond donors (Lipinski definition) is 1. The molecule has 1 unspecified atom stereocenters. The Morgan fingerprint density at radius 2 is 2.10 bits per heavy atom. The van der Waals surface area contributed by atoms with Crippen LogP contribution in [0.15, 0.2) is 12.4 Å². The first-order valence-electron chi connectivity index (χ1n) is 8.55. The zero-order valence-electron chi connectivity index (χ0n) is 13.9. The predicted octanol–water partition coefficient (Wildman–Crippen LogP) is 3.07. The molecule has 1 saturated carbocycles. The van der Waals surface area contributed by atoms with Gasteiger partial charge in [0, 0.05) is 25.9 Å². The lowest BCUT2D eigenvalue weighted by molar-refractivity contribution is -0.0911. The van der Waals surface area contributed by atoms with Gasteiger partial charge in [0.05, 0.1) is 11.8 Å². The zero-order chi connectivity index (χ0) is 15.1. The van der Waals surface area contributed by atoms with E-state index in [9.17, 15) is 0 Å². The number of likely N-dealkylation sites (N-methyl/N-ethyl adjacent to an activating group) is 1. The summed E-state index contributed by atoms with van der Waals surface area (Å²) in [6, 6.07) is 0.447. The molecule has 1 aromatic rings. The predicted molar refractivity (Wildman–Crippen MR) is 86.4 cm³/mol. The molecular weight excluding hydrogens is 262 g/mol. The van der Waals surface area contributed by atoms with Crippen LogP contribution in [0.4, 0.5) is 0 Å². The number of nitrogens with one attached hydrogen (secondary N) is 1. The minimum Gasteiger partial charge on any atom is -0.374 e. The van der Waals surface area contributed by atoms with E-state index in [1.165, 1.54) is 37.7 Å². The molecule has 1 aromatic heterocycles. The maximum Gasteiger partial charge on any atom is 0.0834 e. The van der Waals surface area contributed by atoms with Crippen LogP contribution in [0.1, 0.15) is 57.9 Å². The molecule has 0 aliphatic heterocycles. The van der Waals surface area contributed by atoms with E-state index in [-0.39, 0.29) is 5.60 Å². The molecule has 4 nitrogen and oxygen atoms in total. The maximum atomic E-state index is 6.30. The standard InChI is InChI=1S/C17H31N3O/c1-4-18-16(10-9-15-13-19-20(3)14-15)17(21-5-2)11-7-6-8-12-17/h13-14,16,18H,4-12H2,1-3H3. The van der Waals surface area contributed by atoms with Crippen molar-refractivity contribution in [2.45, 2.75) is 70.4 Å². The lowest BCUT2D eigenvalue weighted by Crippen LogP contribution is -2.54. The van der Waals surface area contributed by atoms with Crippen LogP contribution in [-0.4, -0.2) is 34.6 Å². The van der Waals surface area contributed by atoms with Gasteiger partial charge in [-0.1, -0.05) is 26.2 Å². The summed E-state index contributed by atoms with van der Waals surface area (Å²) in [7, 11) is 1.98. The molecule has 2 rings (SSSR count). The van der Waals surface area contributed by atoms with Crippen molar-refractivity contribution in [1.29, 1.82) is 0 Å². The van der Waals surface area contributed by atoms with E-state index in [1.807, 2.05) is 17.9 Å². The van der Waals surface area contributed by atoms with Crippen molar-refractivity contribution >= 4 is 0 Å². The van der Waals surface area contributed by atoms with Gasteiger partial charge in [0.2, 0.25) is 0 Å². The normalized spacial score (nSPS) is 19.6. The molecule has 1 aliphatic rings. The molecule has 4 heteroatoms. The van der Waals surface area contributed by atoms with E-state index >= 15 is 0 Å². The molecule has 0 aromatic carbocycles. The molecule has 0 radical (unpaired) electrons.